The molecule has 1 aromatic carbocycles. The molecular formula is C11H16BrNO. The molecule has 0 bridgehead atoms. The van der Waals surface area contributed by atoms with E-state index in [1.165, 1.54) is 5.56 Å². The number of benzene rings is 1. The van der Waals surface area contributed by atoms with E-state index in [-0.39, 0.29) is 6.10 Å². The predicted molar refractivity (Wildman–Crippen MR) is 62.2 cm³/mol. The maximum absolute atomic E-state index is 5.47. The zero-order valence-electron chi connectivity index (χ0n) is 8.37. The van der Waals surface area contributed by atoms with Crippen molar-refractivity contribution in [2.45, 2.75) is 18.9 Å². The van der Waals surface area contributed by atoms with E-state index < -0.39 is 0 Å². The molecule has 0 amide bonds. The van der Waals surface area contributed by atoms with Crippen molar-refractivity contribution < 1.29 is 4.74 Å². The molecule has 14 heavy (non-hydrogen) atoms. The SMILES string of the molecule is COC(CCCN)c1ccc(Br)cc1. The second-order valence-corrected chi connectivity index (χ2v) is 4.12. The van der Waals surface area contributed by atoms with E-state index in [1.807, 2.05) is 12.1 Å². The Balaban J connectivity index is 2.64. The van der Waals surface area contributed by atoms with Gasteiger partial charge in [0.2, 0.25) is 0 Å². The van der Waals surface area contributed by atoms with Crippen LogP contribution >= 0.6 is 15.9 Å². The second kappa shape index (κ2) is 6.17. The fraction of sp³-hybridized carbons (Fsp3) is 0.455. The molecule has 1 rings (SSSR count). The van der Waals surface area contributed by atoms with Crippen LogP contribution in [-0.4, -0.2) is 13.7 Å². The molecule has 0 aliphatic rings. The van der Waals surface area contributed by atoms with Crippen molar-refractivity contribution >= 4 is 15.9 Å². The maximum Gasteiger partial charge on any atom is 0.0821 e. The van der Waals surface area contributed by atoms with Gasteiger partial charge in [0.05, 0.1) is 6.10 Å². The Morgan fingerprint density at radius 1 is 1.36 bits per heavy atom. The highest BCUT2D eigenvalue weighted by Gasteiger charge is 2.08. The van der Waals surface area contributed by atoms with Crippen molar-refractivity contribution in [3.63, 3.8) is 0 Å². The Labute approximate surface area is 93.6 Å². The van der Waals surface area contributed by atoms with E-state index >= 15 is 0 Å². The van der Waals surface area contributed by atoms with Crippen LogP contribution < -0.4 is 5.73 Å². The van der Waals surface area contributed by atoms with E-state index in [1.54, 1.807) is 7.11 Å². The lowest BCUT2D eigenvalue weighted by molar-refractivity contribution is 0.0944. The zero-order chi connectivity index (χ0) is 10.4. The van der Waals surface area contributed by atoms with Gasteiger partial charge in [-0.05, 0) is 37.1 Å². The van der Waals surface area contributed by atoms with Gasteiger partial charge >= 0.3 is 0 Å². The van der Waals surface area contributed by atoms with Crippen molar-refractivity contribution in [2.75, 3.05) is 13.7 Å². The molecule has 1 aromatic rings. The van der Waals surface area contributed by atoms with Gasteiger partial charge in [-0.3, -0.25) is 0 Å². The monoisotopic (exact) mass is 257 g/mol. The Bertz CT molecular complexity index is 260. The molecule has 0 aromatic heterocycles. The third kappa shape index (κ3) is 3.40. The van der Waals surface area contributed by atoms with Crippen LogP contribution in [-0.2, 0) is 4.74 Å². The van der Waals surface area contributed by atoms with Crippen LogP contribution in [0.15, 0.2) is 28.7 Å². The van der Waals surface area contributed by atoms with Crippen LogP contribution in [0.3, 0.4) is 0 Å². The third-order valence-corrected chi connectivity index (χ3v) is 2.73. The summed E-state index contributed by atoms with van der Waals surface area (Å²) < 4.78 is 6.50. The molecule has 2 N–H and O–H groups in total. The molecule has 0 saturated heterocycles. The zero-order valence-corrected chi connectivity index (χ0v) is 9.96. The summed E-state index contributed by atoms with van der Waals surface area (Å²) in [7, 11) is 1.74. The quantitative estimate of drug-likeness (QED) is 0.881. The average molecular weight is 258 g/mol. The van der Waals surface area contributed by atoms with Crippen LogP contribution in [0.25, 0.3) is 0 Å². The van der Waals surface area contributed by atoms with Crippen LogP contribution in [0.1, 0.15) is 24.5 Å². The van der Waals surface area contributed by atoms with Crippen molar-refractivity contribution in [1.82, 2.24) is 0 Å². The minimum atomic E-state index is 0.173. The van der Waals surface area contributed by atoms with E-state index in [9.17, 15) is 0 Å². The first-order valence-electron chi connectivity index (χ1n) is 4.76. The van der Waals surface area contributed by atoms with E-state index in [4.69, 9.17) is 10.5 Å². The molecule has 0 heterocycles. The van der Waals surface area contributed by atoms with Crippen molar-refractivity contribution in [1.29, 1.82) is 0 Å². The molecule has 78 valence electrons. The van der Waals surface area contributed by atoms with Crippen molar-refractivity contribution in [3.8, 4) is 0 Å². The van der Waals surface area contributed by atoms with Gasteiger partial charge in [0.1, 0.15) is 0 Å². The number of methoxy groups -OCH3 is 1. The van der Waals surface area contributed by atoms with E-state index in [0.29, 0.717) is 0 Å². The summed E-state index contributed by atoms with van der Waals surface area (Å²) in [5.41, 5.74) is 6.68. The van der Waals surface area contributed by atoms with Gasteiger partial charge in [0, 0.05) is 11.6 Å². The first-order valence-corrected chi connectivity index (χ1v) is 5.55. The molecule has 0 radical (unpaired) electrons. The Kier molecular flexibility index (Phi) is 5.15. The minimum absolute atomic E-state index is 0.173. The fourth-order valence-corrected chi connectivity index (χ4v) is 1.67. The lowest BCUT2D eigenvalue weighted by Gasteiger charge is -2.15. The van der Waals surface area contributed by atoms with Crippen LogP contribution in [0, 0.1) is 0 Å². The second-order valence-electron chi connectivity index (χ2n) is 3.21. The van der Waals surface area contributed by atoms with Crippen LogP contribution in [0.5, 0.6) is 0 Å². The smallest absolute Gasteiger partial charge is 0.0821 e. The highest BCUT2D eigenvalue weighted by atomic mass is 79.9. The highest BCUT2D eigenvalue weighted by Crippen LogP contribution is 2.23. The van der Waals surface area contributed by atoms with Gasteiger partial charge in [-0.1, -0.05) is 28.1 Å². The van der Waals surface area contributed by atoms with Gasteiger partial charge in [-0.15, -0.1) is 0 Å². The van der Waals surface area contributed by atoms with Gasteiger partial charge < -0.3 is 10.5 Å². The summed E-state index contributed by atoms with van der Waals surface area (Å²) in [5.74, 6) is 0. The molecule has 1 atom stereocenters. The summed E-state index contributed by atoms with van der Waals surface area (Å²) in [6, 6.07) is 8.22. The summed E-state index contributed by atoms with van der Waals surface area (Å²) in [6.45, 7) is 0.719. The van der Waals surface area contributed by atoms with E-state index in [0.717, 1.165) is 23.9 Å². The minimum Gasteiger partial charge on any atom is -0.377 e. The number of halogens is 1. The molecule has 0 aliphatic carbocycles. The van der Waals surface area contributed by atoms with Gasteiger partial charge in [-0.25, -0.2) is 0 Å². The number of ether oxygens (including phenoxy) is 1. The predicted octanol–water partition coefficient (Wildman–Crippen LogP) is 2.88. The number of rotatable bonds is 5. The molecule has 3 heteroatoms. The van der Waals surface area contributed by atoms with Gasteiger partial charge in [0.25, 0.3) is 0 Å². The number of hydrogen-bond donors (Lipinski definition) is 1. The van der Waals surface area contributed by atoms with Gasteiger partial charge in [-0.2, -0.15) is 0 Å². The molecule has 1 unspecified atom stereocenters. The normalized spacial score (nSPS) is 12.8. The Morgan fingerprint density at radius 3 is 2.50 bits per heavy atom. The first kappa shape index (κ1) is 11.7. The van der Waals surface area contributed by atoms with Crippen LogP contribution in [0.4, 0.5) is 0 Å². The standard InChI is InChI=1S/C11H16BrNO/c1-14-11(3-2-8-13)9-4-6-10(12)7-5-9/h4-7,11H,2-3,8,13H2,1H3. The average Bonchev–Trinajstić information content (AvgIpc) is 2.21. The molecule has 2 nitrogen and oxygen atoms in total. The topological polar surface area (TPSA) is 35.2 Å². The highest BCUT2D eigenvalue weighted by molar-refractivity contribution is 9.10. The number of hydrogen-bond acceptors (Lipinski definition) is 2. The third-order valence-electron chi connectivity index (χ3n) is 2.20. The molecular weight excluding hydrogens is 242 g/mol. The summed E-state index contributed by atoms with van der Waals surface area (Å²) in [5, 5.41) is 0. The molecule has 0 spiro atoms. The largest absolute Gasteiger partial charge is 0.377 e. The molecule has 0 aliphatic heterocycles. The summed E-state index contributed by atoms with van der Waals surface area (Å²) in [4.78, 5) is 0. The Morgan fingerprint density at radius 2 is 2.00 bits per heavy atom. The van der Waals surface area contributed by atoms with Gasteiger partial charge in [0.15, 0.2) is 0 Å². The van der Waals surface area contributed by atoms with E-state index in [2.05, 4.69) is 28.1 Å². The molecule has 0 fully saturated rings. The maximum atomic E-state index is 5.47. The summed E-state index contributed by atoms with van der Waals surface area (Å²) in [6.07, 6.45) is 2.15. The molecule has 0 saturated carbocycles. The van der Waals surface area contributed by atoms with Crippen molar-refractivity contribution in [3.05, 3.63) is 34.3 Å². The lowest BCUT2D eigenvalue weighted by Crippen LogP contribution is -2.05. The first-order chi connectivity index (χ1) is 6.77. The van der Waals surface area contributed by atoms with Crippen molar-refractivity contribution in [2.24, 2.45) is 5.73 Å². The summed E-state index contributed by atoms with van der Waals surface area (Å²) >= 11 is 3.41. The van der Waals surface area contributed by atoms with Crippen LogP contribution in [0.2, 0.25) is 0 Å². The lowest BCUT2D eigenvalue weighted by atomic mass is 10.1. The number of nitrogens with two attached hydrogens (primary N) is 1. The fourth-order valence-electron chi connectivity index (χ4n) is 1.40. The Hall–Kier alpha value is -0.380.